The second kappa shape index (κ2) is 6.42. The van der Waals surface area contributed by atoms with E-state index in [2.05, 4.69) is 46.9 Å². The third-order valence-electron chi connectivity index (χ3n) is 4.14. The first-order valence-electron chi connectivity index (χ1n) is 7.43. The fraction of sp³-hybridized carbons (Fsp3) is 0.412. The molecule has 20 heavy (non-hydrogen) atoms. The fourth-order valence-corrected chi connectivity index (χ4v) is 3.90. The minimum absolute atomic E-state index is 0.649. The van der Waals surface area contributed by atoms with Gasteiger partial charge in [0, 0.05) is 22.9 Å². The highest BCUT2D eigenvalue weighted by molar-refractivity contribution is 7.17. The first-order chi connectivity index (χ1) is 9.84. The molecule has 106 valence electrons. The fourth-order valence-electron chi connectivity index (χ4n) is 2.90. The summed E-state index contributed by atoms with van der Waals surface area (Å²) in [7, 11) is 0. The number of hydrogen-bond acceptors (Lipinski definition) is 3. The Kier molecular flexibility index (Phi) is 4.38. The van der Waals surface area contributed by atoms with Crippen molar-refractivity contribution >= 4 is 21.4 Å². The SMILES string of the molecule is C=C(NCCc1csc2ccccc12)C1CCNCC1. The van der Waals surface area contributed by atoms with Crippen LogP contribution in [0.25, 0.3) is 10.1 Å². The molecule has 2 heterocycles. The van der Waals surface area contributed by atoms with E-state index in [1.165, 1.54) is 34.2 Å². The molecule has 0 aliphatic carbocycles. The maximum atomic E-state index is 4.22. The molecule has 1 saturated heterocycles. The summed E-state index contributed by atoms with van der Waals surface area (Å²) in [6, 6.07) is 8.66. The van der Waals surface area contributed by atoms with E-state index in [-0.39, 0.29) is 0 Å². The molecule has 1 aromatic carbocycles. The zero-order valence-corrected chi connectivity index (χ0v) is 12.6. The monoisotopic (exact) mass is 286 g/mol. The largest absolute Gasteiger partial charge is 0.388 e. The van der Waals surface area contributed by atoms with Gasteiger partial charge in [-0.3, -0.25) is 0 Å². The molecule has 0 amide bonds. The van der Waals surface area contributed by atoms with Gasteiger partial charge in [-0.05, 0) is 54.7 Å². The summed E-state index contributed by atoms with van der Waals surface area (Å²) in [6.45, 7) is 7.46. The van der Waals surface area contributed by atoms with Gasteiger partial charge in [-0.1, -0.05) is 24.8 Å². The highest BCUT2D eigenvalue weighted by Crippen LogP contribution is 2.26. The maximum absolute atomic E-state index is 4.22. The van der Waals surface area contributed by atoms with Crippen LogP contribution in [0.5, 0.6) is 0 Å². The summed E-state index contributed by atoms with van der Waals surface area (Å²) < 4.78 is 1.39. The van der Waals surface area contributed by atoms with Gasteiger partial charge in [0.25, 0.3) is 0 Å². The number of benzene rings is 1. The van der Waals surface area contributed by atoms with Gasteiger partial charge in [0.1, 0.15) is 0 Å². The highest BCUT2D eigenvalue weighted by Gasteiger charge is 2.15. The molecule has 2 N–H and O–H groups in total. The van der Waals surface area contributed by atoms with E-state index in [1.54, 1.807) is 0 Å². The average Bonchev–Trinajstić information content (AvgIpc) is 2.92. The van der Waals surface area contributed by atoms with Gasteiger partial charge >= 0.3 is 0 Å². The molecular formula is C17H22N2S. The predicted octanol–water partition coefficient (Wildman–Crippen LogP) is 3.55. The first kappa shape index (κ1) is 13.7. The second-order valence-electron chi connectivity index (χ2n) is 5.48. The highest BCUT2D eigenvalue weighted by atomic mass is 32.1. The first-order valence-corrected chi connectivity index (χ1v) is 8.31. The molecule has 1 aliphatic heterocycles. The number of thiophene rings is 1. The summed E-state index contributed by atoms with van der Waals surface area (Å²) in [5.41, 5.74) is 2.68. The van der Waals surface area contributed by atoms with E-state index < -0.39 is 0 Å². The number of nitrogens with one attached hydrogen (secondary N) is 2. The van der Waals surface area contributed by atoms with Crippen LogP contribution in [0.2, 0.25) is 0 Å². The molecule has 2 nitrogen and oxygen atoms in total. The smallest absolute Gasteiger partial charge is 0.0345 e. The predicted molar refractivity (Wildman–Crippen MR) is 88.3 cm³/mol. The van der Waals surface area contributed by atoms with Crippen molar-refractivity contribution in [2.45, 2.75) is 19.3 Å². The van der Waals surface area contributed by atoms with Crippen molar-refractivity contribution < 1.29 is 0 Å². The third-order valence-corrected chi connectivity index (χ3v) is 5.15. The normalized spacial score (nSPS) is 16.4. The number of hydrogen-bond donors (Lipinski definition) is 2. The van der Waals surface area contributed by atoms with Crippen LogP contribution in [0.1, 0.15) is 18.4 Å². The lowest BCUT2D eigenvalue weighted by Crippen LogP contribution is -2.32. The molecule has 1 aliphatic rings. The third kappa shape index (κ3) is 3.05. The minimum atomic E-state index is 0.649. The van der Waals surface area contributed by atoms with E-state index in [9.17, 15) is 0 Å². The van der Waals surface area contributed by atoms with Crippen molar-refractivity contribution in [2.75, 3.05) is 19.6 Å². The molecule has 0 spiro atoms. The molecule has 0 unspecified atom stereocenters. The van der Waals surface area contributed by atoms with Crippen molar-refractivity contribution in [1.82, 2.24) is 10.6 Å². The number of rotatable bonds is 5. The van der Waals surface area contributed by atoms with Gasteiger partial charge in [-0.2, -0.15) is 0 Å². The van der Waals surface area contributed by atoms with Gasteiger partial charge < -0.3 is 10.6 Å². The summed E-state index contributed by atoms with van der Waals surface area (Å²) in [6.07, 6.45) is 3.51. The molecule has 1 fully saturated rings. The summed E-state index contributed by atoms with van der Waals surface area (Å²) in [5.74, 6) is 0.649. The lowest BCUT2D eigenvalue weighted by atomic mass is 9.95. The zero-order valence-electron chi connectivity index (χ0n) is 11.8. The topological polar surface area (TPSA) is 24.1 Å². The molecule has 0 bridgehead atoms. The Morgan fingerprint density at radius 1 is 1.30 bits per heavy atom. The second-order valence-corrected chi connectivity index (χ2v) is 6.39. The molecule has 2 aromatic rings. The lowest BCUT2D eigenvalue weighted by molar-refractivity contribution is 0.403. The van der Waals surface area contributed by atoms with Crippen LogP contribution in [0.15, 0.2) is 41.9 Å². The lowest BCUT2D eigenvalue weighted by Gasteiger charge is -2.25. The van der Waals surface area contributed by atoms with Crippen molar-refractivity contribution in [1.29, 1.82) is 0 Å². The number of fused-ring (bicyclic) bond motifs is 1. The van der Waals surface area contributed by atoms with E-state index in [1.807, 2.05) is 11.3 Å². The molecule has 1 aromatic heterocycles. The average molecular weight is 286 g/mol. The van der Waals surface area contributed by atoms with Crippen LogP contribution in [0.3, 0.4) is 0 Å². The molecular weight excluding hydrogens is 264 g/mol. The zero-order chi connectivity index (χ0) is 13.8. The van der Waals surface area contributed by atoms with E-state index >= 15 is 0 Å². The Bertz CT molecular complexity index is 581. The van der Waals surface area contributed by atoms with Gasteiger partial charge in [0.05, 0.1) is 0 Å². The van der Waals surface area contributed by atoms with Gasteiger partial charge in [-0.15, -0.1) is 11.3 Å². The number of piperidine rings is 1. The van der Waals surface area contributed by atoms with Crippen LogP contribution in [-0.2, 0) is 6.42 Å². The quantitative estimate of drug-likeness (QED) is 0.878. The Morgan fingerprint density at radius 2 is 2.10 bits per heavy atom. The standard InChI is InChI=1S/C17H22N2S/c1-13(14-6-9-18-10-7-14)19-11-8-15-12-20-17-5-3-2-4-16(15)17/h2-5,12,14,18-19H,1,6-11H2. The van der Waals surface area contributed by atoms with Gasteiger partial charge in [0.2, 0.25) is 0 Å². The van der Waals surface area contributed by atoms with Crippen LogP contribution < -0.4 is 10.6 Å². The maximum Gasteiger partial charge on any atom is 0.0345 e. The summed E-state index contributed by atoms with van der Waals surface area (Å²) in [5, 5.41) is 10.6. The molecule has 0 atom stereocenters. The molecule has 3 heteroatoms. The van der Waals surface area contributed by atoms with Gasteiger partial charge in [0.15, 0.2) is 0 Å². The Hall–Kier alpha value is -1.32. The van der Waals surface area contributed by atoms with Gasteiger partial charge in [-0.25, -0.2) is 0 Å². The summed E-state index contributed by atoms with van der Waals surface area (Å²) in [4.78, 5) is 0. The van der Waals surface area contributed by atoms with E-state index in [0.717, 1.165) is 26.1 Å². The molecule has 3 rings (SSSR count). The Morgan fingerprint density at radius 3 is 2.95 bits per heavy atom. The van der Waals surface area contributed by atoms with Crippen LogP contribution >= 0.6 is 11.3 Å². The van der Waals surface area contributed by atoms with Crippen molar-refractivity contribution in [2.24, 2.45) is 5.92 Å². The van der Waals surface area contributed by atoms with Crippen LogP contribution in [-0.4, -0.2) is 19.6 Å². The van der Waals surface area contributed by atoms with Crippen molar-refractivity contribution in [3.05, 3.63) is 47.5 Å². The van der Waals surface area contributed by atoms with Crippen LogP contribution in [0, 0.1) is 5.92 Å². The van der Waals surface area contributed by atoms with E-state index in [0.29, 0.717) is 5.92 Å². The van der Waals surface area contributed by atoms with Crippen molar-refractivity contribution in [3.8, 4) is 0 Å². The number of allylic oxidation sites excluding steroid dienone is 1. The van der Waals surface area contributed by atoms with E-state index in [4.69, 9.17) is 0 Å². The molecule has 0 radical (unpaired) electrons. The van der Waals surface area contributed by atoms with Crippen LogP contribution in [0.4, 0.5) is 0 Å². The molecule has 0 saturated carbocycles. The Labute approximate surface area is 124 Å². The minimum Gasteiger partial charge on any atom is -0.388 e. The van der Waals surface area contributed by atoms with Crippen molar-refractivity contribution in [3.63, 3.8) is 0 Å². The summed E-state index contributed by atoms with van der Waals surface area (Å²) >= 11 is 1.84. The Balaban J connectivity index is 1.53.